The predicted molar refractivity (Wildman–Crippen MR) is 126 cm³/mol. The molecule has 4 rings (SSSR count). The smallest absolute Gasteiger partial charge is 0.326 e. The molecule has 33 heavy (non-hydrogen) atoms. The van der Waals surface area contributed by atoms with Crippen LogP contribution in [0.4, 0.5) is 4.79 Å². The lowest BCUT2D eigenvalue weighted by Crippen LogP contribution is -2.50. The fourth-order valence-electron chi connectivity index (χ4n) is 4.17. The molecule has 6 nitrogen and oxygen atoms in total. The van der Waals surface area contributed by atoms with Gasteiger partial charge in [-0.3, -0.25) is 9.59 Å². The van der Waals surface area contributed by atoms with E-state index in [0.29, 0.717) is 18.7 Å². The molecule has 1 fully saturated rings. The number of rotatable bonds is 7. The zero-order valence-electron chi connectivity index (χ0n) is 18.8. The molecule has 1 saturated heterocycles. The van der Waals surface area contributed by atoms with Crippen molar-refractivity contribution in [1.29, 1.82) is 0 Å². The molecule has 0 unspecified atom stereocenters. The molecule has 4 amide bonds. The lowest BCUT2D eigenvalue weighted by atomic mass is 9.92. The zero-order chi connectivity index (χ0) is 23.4. The Bertz CT molecular complexity index is 1090. The van der Waals surface area contributed by atoms with E-state index >= 15 is 0 Å². The van der Waals surface area contributed by atoms with E-state index in [0.717, 1.165) is 16.0 Å². The topological polar surface area (TPSA) is 69.7 Å². The molecule has 0 saturated carbocycles. The van der Waals surface area contributed by atoms with Crippen molar-refractivity contribution in [3.05, 3.63) is 108 Å². The first-order valence-corrected chi connectivity index (χ1v) is 11.0. The SMILES string of the molecule is C[C@@H](C(=O)N(Cc1ccccc1)Cc1ccccc1)N1C(=O)N[C@](C)(c2ccccc2)C1=O. The second kappa shape index (κ2) is 9.28. The van der Waals surface area contributed by atoms with Crippen molar-refractivity contribution in [2.75, 3.05) is 0 Å². The van der Waals surface area contributed by atoms with E-state index in [1.54, 1.807) is 30.9 Å². The van der Waals surface area contributed by atoms with Gasteiger partial charge < -0.3 is 10.2 Å². The van der Waals surface area contributed by atoms with Gasteiger partial charge in [-0.1, -0.05) is 91.0 Å². The molecule has 0 spiro atoms. The summed E-state index contributed by atoms with van der Waals surface area (Å²) in [6.07, 6.45) is 0. The van der Waals surface area contributed by atoms with E-state index in [4.69, 9.17) is 0 Å². The van der Waals surface area contributed by atoms with Gasteiger partial charge in [0.2, 0.25) is 5.91 Å². The standard InChI is InChI=1S/C27H27N3O3/c1-20(30-25(32)27(2,28-26(30)33)23-16-10-5-11-17-23)24(31)29(18-21-12-6-3-7-13-21)19-22-14-8-4-9-15-22/h3-17,20H,18-19H2,1-2H3,(H,28,33)/t20-,27+/m0/s1. The van der Waals surface area contributed by atoms with Crippen molar-refractivity contribution in [1.82, 2.24) is 15.1 Å². The average molecular weight is 442 g/mol. The van der Waals surface area contributed by atoms with Crippen LogP contribution in [0.2, 0.25) is 0 Å². The van der Waals surface area contributed by atoms with Crippen LogP contribution in [0, 0.1) is 0 Å². The molecule has 2 atom stereocenters. The van der Waals surface area contributed by atoms with Crippen LogP contribution in [0.25, 0.3) is 0 Å². The second-order valence-electron chi connectivity index (χ2n) is 8.44. The van der Waals surface area contributed by atoms with Gasteiger partial charge in [0.05, 0.1) is 0 Å². The van der Waals surface area contributed by atoms with Gasteiger partial charge in [-0.2, -0.15) is 0 Å². The van der Waals surface area contributed by atoms with Crippen molar-refractivity contribution in [2.45, 2.75) is 38.5 Å². The number of nitrogens with one attached hydrogen (secondary N) is 1. The highest BCUT2D eigenvalue weighted by molar-refractivity contribution is 6.09. The highest BCUT2D eigenvalue weighted by atomic mass is 16.2. The summed E-state index contributed by atoms with van der Waals surface area (Å²) in [5, 5.41) is 2.79. The van der Waals surface area contributed by atoms with Gasteiger partial charge in [0.25, 0.3) is 5.91 Å². The minimum Gasteiger partial charge on any atom is -0.332 e. The van der Waals surface area contributed by atoms with Gasteiger partial charge in [-0.25, -0.2) is 9.69 Å². The summed E-state index contributed by atoms with van der Waals surface area (Å²) in [6.45, 7) is 4.03. The predicted octanol–water partition coefficient (Wildman–Crippen LogP) is 4.07. The third-order valence-corrected chi connectivity index (χ3v) is 6.06. The quantitative estimate of drug-likeness (QED) is 0.562. The number of hydrogen-bond acceptors (Lipinski definition) is 3. The van der Waals surface area contributed by atoms with Gasteiger partial charge in [-0.15, -0.1) is 0 Å². The molecule has 1 aliphatic heterocycles. The normalized spacial score (nSPS) is 18.7. The van der Waals surface area contributed by atoms with Crippen molar-refractivity contribution < 1.29 is 14.4 Å². The van der Waals surface area contributed by atoms with Crippen molar-refractivity contribution in [3.8, 4) is 0 Å². The molecular formula is C27H27N3O3. The summed E-state index contributed by atoms with van der Waals surface area (Å²) in [5.74, 6) is -0.720. The number of urea groups is 1. The van der Waals surface area contributed by atoms with Crippen LogP contribution in [-0.2, 0) is 28.2 Å². The number of nitrogens with zero attached hydrogens (tertiary/aromatic N) is 2. The number of carbonyl (C=O) groups excluding carboxylic acids is 3. The van der Waals surface area contributed by atoms with E-state index in [1.165, 1.54) is 0 Å². The fourth-order valence-corrected chi connectivity index (χ4v) is 4.17. The average Bonchev–Trinajstić information content (AvgIpc) is 3.08. The van der Waals surface area contributed by atoms with E-state index in [2.05, 4.69) is 5.32 Å². The molecule has 3 aromatic rings. The zero-order valence-corrected chi connectivity index (χ0v) is 18.8. The largest absolute Gasteiger partial charge is 0.332 e. The molecule has 0 radical (unpaired) electrons. The van der Waals surface area contributed by atoms with Crippen molar-refractivity contribution in [3.63, 3.8) is 0 Å². The van der Waals surface area contributed by atoms with Crippen LogP contribution in [0.1, 0.15) is 30.5 Å². The van der Waals surface area contributed by atoms with Crippen molar-refractivity contribution >= 4 is 17.8 Å². The van der Waals surface area contributed by atoms with Crippen LogP contribution in [0.5, 0.6) is 0 Å². The number of carbonyl (C=O) groups is 3. The summed E-state index contributed by atoms with van der Waals surface area (Å²) in [6, 6.07) is 26.9. The van der Waals surface area contributed by atoms with Crippen LogP contribution in [0.15, 0.2) is 91.0 Å². The number of amides is 4. The maximum Gasteiger partial charge on any atom is 0.326 e. The molecule has 0 aliphatic carbocycles. The maximum absolute atomic E-state index is 13.6. The van der Waals surface area contributed by atoms with Crippen LogP contribution in [0.3, 0.4) is 0 Å². The van der Waals surface area contributed by atoms with Crippen LogP contribution in [-0.4, -0.2) is 33.7 Å². The van der Waals surface area contributed by atoms with Gasteiger partial charge in [0.1, 0.15) is 11.6 Å². The third kappa shape index (κ3) is 4.51. The van der Waals surface area contributed by atoms with Crippen molar-refractivity contribution in [2.24, 2.45) is 0 Å². The Morgan fingerprint density at radius 2 is 1.30 bits per heavy atom. The molecule has 6 heteroatoms. The summed E-state index contributed by atoms with van der Waals surface area (Å²) < 4.78 is 0. The Kier molecular flexibility index (Phi) is 6.27. The summed E-state index contributed by atoms with van der Waals surface area (Å²) in [5.41, 5.74) is 1.41. The Balaban J connectivity index is 1.60. The Morgan fingerprint density at radius 1 is 0.848 bits per heavy atom. The van der Waals surface area contributed by atoms with Crippen LogP contribution < -0.4 is 5.32 Å². The van der Waals surface area contributed by atoms with E-state index in [1.807, 2.05) is 78.9 Å². The molecule has 1 heterocycles. The van der Waals surface area contributed by atoms with Gasteiger partial charge in [-0.05, 0) is 30.5 Å². The summed E-state index contributed by atoms with van der Waals surface area (Å²) >= 11 is 0. The molecule has 0 bridgehead atoms. The molecular weight excluding hydrogens is 414 g/mol. The third-order valence-electron chi connectivity index (χ3n) is 6.06. The molecule has 0 aromatic heterocycles. The van der Waals surface area contributed by atoms with E-state index < -0.39 is 23.5 Å². The van der Waals surface area contributed by atoms with Crippen LogP contribution >= 0.6 is 0 Å². The lowest BCUT2D eigenvalue weighted by Gasteiger charge is -2.30. The number of imide groups is 1. The minimum atomic E-state index is -1.21. The van der Waals surface area contributed by atoms with E-state index in [9.17, 15) is 14.4 Å². The summed E-state index contributed by atoms with van der Waals surface area (Å²) in [4.78, 5) is 42.6. The van der Waals surface area contributed by atoms with Gasteiger partial charge >= 0.3 is 6.03 Å². The fraction of sp³-hybridized carbons (Fsp3) is 0.222. The first kappa shape index (κ1) is 22.3. The molecule has 1 aliphatic rings. The molecule has 3 aromatic carbocycles. The first-order chi connectivity index (χ1) is 15.9. The van der Waals surface area contributed by atoms with Gasteiger partial charge in [0, 0.05) is 13.1 Å². The molecule has 168 valence electrons. The van der Waals surface area contributed by atoms with Gasteiger partial charge in [0.15, 0.2) is 0 Å². The first-order valence-electron chi connectivity index (χ1n) is 11.0. The Labute approximate surface area is 193 Å². The lowest BCUT2D eigenvalue weighted by molar-refractivity contribution is -0.143. The Morgan fingerprint density at radius 3 is 1.79 bits per heavy atom. The number of benzene rings is 3. The highest BCUT2D eigenvalue weighted by Crippen LogP contribution is 2.30. The second-order valence-corrected chi connectivity index (χ2v) is 8.44. The molecule has 1 N–H and O–H groups in total. The summed E-state index contributed by atoms with van der Waals surface area (Å²) in [7, 11) is 0. The maximum atomic E-state index is 13.6. The minimum absolute atomic E-state index is 0.288. The monoisotopic (exact) mass is 441 g/mol. The van der Waals surface area contributed by atoms with E-state index in [-0.39, 0.29) is 5.91 Å². The highest BCUT2D eigenvalue weighted by Gasteiger charge is 2.52. The Hall–Kier alpha value is -3.93. The number of hydrogen-bond donors (Lipinski definition) is 1.